The Morgan fingerprint density at radius 1 is 1.50 bits per heavy atom. The molecule has 0 aliphatic rings. The van der Waals surface area contributed by atoms with Crippen molar-refractivity contribution in [2.45, 2.75) is 6.54 Å². The number of hydrogen-bond acceptors (Lipinski definition) is 3. The number of carbonyl (C=O) groups is 1. The molecule has 1 aromatic carbocycles. The Balaban J connectivity index is 2.08. The molecule has 2 aromatic rings. The van der Waals surface area contributed by atoms with Gasteiger partial charge in [-0.05, 0) is 12.1 Å². The van der Waals surface area contributed by atoms with E-state index in [9.17, 15) is 14.0 Å². The molecule has 1 aromatic heterocycles. The largest absolute Gasteiger partial charge is 0.345 e. The quantitative estimate of drug-likeness (QED) is 0.771. The fraction of sp³-hybridized carbons (Fsp3) is 0.100. The van der Waals surface area contributed by atoms with Gasteiger partial charge in [0.1, 0.15) is 11.6 Å². The van der Waals surface area contributed by atoms with Gasteiger partial charge in [-0.2, -0.15) is 5.10 Å². The van der Waals surface area contributed by atoms with Crippen LogP contribution in [0.3, 0.4) is 0 Å². The molecule has 0 spiro atoms. The van der Waals surface area contributed by atoms with Crippen molar-refractivity contribution in [1.82, 2.24) is 20.5 Å². The zero-order valence-corrected chi connectivity index (χ0v) is 9.71. The van der Waals surface area contributed by atoms with Gasteiger partial charge in [0.05, 0.1) is 17.1 Å². The molecular formula is C10H8ClFN4O2. The first kappa shape index (κ1) is 12.3. The Morgan fingerprint density at radius 3 is 2.94 bits per heavy atom. The molecule has 6 nitrogen and oxygen atoms in total. The van der Waals surface area contributed by atoms with Gasteiger partial charge in [-0.15, -0.1) is 0 Å². The third kappa shape index (κ3) is 2.57. The number of amides is 1. The molecule has 3 N–H and O–H groups in total. The second kappa shape index (κ2) is 5.01. The van der Waals surface area contributed by atoms with Gasteiger partial charge in [0, 0.05) is 0 Å². The number of H-pyrrole nitrogens is 2. The predicted octanol–water partition coefficient (Wildman–Crippen LogP) is 0.820. The Morgan fingerprint density at radius 2 is 2.28 bits per heavy atom. The summed E-state index contributed by atoms with van der Waals surface area (Å²) in [6, 6.07) is 3.94. The SMILES string of the molecule is O=C(NCc1n[nH]c(=O)[nH]1)c1cccc(F)c1Cl. The van der Waals surface area contributed by atoms with E-state index in [1.165, 1.54) is 12.1 Å². The van der Waals surface area contributed by atoms with Crippen LogP contribution >= 0.6 is 11.6 Å². The Kier molecular flexibility index (Phi) is 3.42. The number of aromatic nitrogens is 3. The normalized spacial score (nSPS) is 10.3. The highest BCUT2D eigenvalue weighted by molar-refractivity contribution is 6.34. The van der Waals surface area contributed by atoms with Gasteiger partial charge >= 0.3 is 5.69 Å². The third-order valence-corrected chi connectivity index (χ3v) is 2.55. The highest BCUT2D eigenvalue weighted by Gasteiger charge is 2.13. The van der Waals surface area contributed by atoms with Gasteiger partial charge < -0.3 is 5.32 Å². The minimum Gasteiger partial charge on any atom is -0.345 e. The van der Waals surface area contributed by atoms with Crippen LogP contribution in [0, 0.1) is 5.82 Å². The molecule has 0 bridgehead atoms. The Hall–Kier alpha value is -2.15. The monoisotopic (exact) mass is 270 g/mol. The van der Waals surface area contributed by atoms with E-state index in [1.807, 2.05) is 0 Å². The lowest BCUT2D eigenvalue weighted by molar-refractivity contribution is 0.0949. The number of aromatic amines is 2. The molecule has 1 heterocycles. The Labute approximate surface area is 105 Å². The van der Waals surface area contributed by atoms with Crippen LogP contribution in [0.4, 0.5) is 4.39 Å². The smallest absolute Gasteiger partial charge is 0.340 e. The highest BCUT2D eigenvalue weighted by atomic mass is 35.5. The summed E-state index contributed by atoms with van der Waals surface area (Å²) >= 11 is 5.66. The summed E-state index contributed by atoms with van der Waals surface area (Å²) in [5.41, 5.74) is -0.447. The second-order valence-electron chi connectivity index (χ2n) is 3.41. The maximum atomic E-state index is 13.1. The molecule has 94 valence electrons. The molecule has 0 aliphatic carbocycles. The number of nitrogens with one attached hydrogen (secondary N) is 3. The van der Waals surface area contributed by atoms with Crippen molar-refractivity contribution in [3.8, 4) is 0 Å². The standard InChI is InChI=1S/C10H8ClFN4O2/c11-8-5(2-1-3-6(8)12)9(17)13-4-7-14-10(18)16-15-7/h1-3H,4H2,(H,13,17)(H2,14,15,16,18). The molecule has 1 amide bonds. The van der Waals surface area contributed by atoms with Crippen LogP contribution in [0.1, 0.15) is 16.2 Å². The number of benzene rings is 1. The number of halogens is 2. The second-order valence-corrected chi connectivity index (χ2v) is 3.79. The van der Waals surface area contributed by atoms with Crippen LogP contribution in [0.2, 0.25) is 5.02 Å². The maximum absolute atomic E-state index is 13.1. The zero-order chi connectivity index (χ0) is 13.1. The van der Waals surface area contributed by atoms with Gasteiger partial charge in [-0.1, -0.05) is 17.7 Å². The molecule has 0 radical (unpaired) electrons. The molecular weight excluding hydrogens is 263 g/mol. The van der Waals surface area contributed by atoms with Crippen molar-refractivity contribution >= 4 is 17.5 Å². The molecule has 0 unspecified atom stereocenters. The summed E-state index contributed by atoms with van der Waals surface area (Å²) in [5, 5.41) is 7.97. The lowest BCUT2D eigenvalue weighted by Gasteiger charge is -2.05. The van der Waals surface area contributed by atoms with Crippen molar-refractivity contribution in [2.75, 3.05) is 0 Å². The Bertz CT molecular complexity index is 637. The average Bonchev–Trinajstić information content (AvgIpc) is 2.76. The van der Waals surface area contributed by atoms with E-state index in [2.05, 4.69) is 20.5 Å². The minimum atomic E-state index is -0.669. The first-order valence-corrected chi connectivity index (χ1v) is 5.31. The summed E-state index contributed by atoms with van der Waals surface area (Å²) in [6.07, 6.45) is 0. The van der Waals surface area contributed by atoms with Gasteiger partial charge in [0.25, 0.3) is 5.91 Å². The molecule has 18 heavy (non-hydrogen) atoms. The summed E-state index contributed by atoms with van der Waals surface area (Å²) in [4.78, 5) is 24.8. The van der Waals surface area contributed by atoms with E-state index >= 15 is 0 Å². The molecule has 0 fully saturated rings. The molecule has 0 saturated heterocycles. The van der Waals surface area contributed by atoms with Gasteiger partial charge in [0.15, 0.2) is 0 Å². The number of hydrogen-bond donors (Lipinski definition) is 3. The molecule has 0 saturated carbocycles. The molecule has 0 atom stereocenters. The predicted molar refractivity (Wildman–Crippen MR) is 61.8 cm³/mol. The zero-order valence-electron chi connectivity index (χ0n) is 8.96. The maximum Gasteiger partial charge on any atom is 0.340 e. The van der Waals surface area contributed by atoms with Crippen molar-refractivity contribution < 1.29 is 9.18 Å². The first-order chi connectivity index (χ1) is 8.58. The van der Waals surface area contributed by atoms with Crippen molar-refractivity contribution in [3.63, 3.8) is 0 Å². The summed E-state index contributed by atoms with van der Waals surface area (Å²) in [5.74, 6) is -0.957. The lowest BCUT2D eigenvalue weighted by Crippen LogP contribution is -2.24. The van der Waals surface area contributed by atoms with Crippen molar-refractivity contribution in [1.29, 1.82) is 0 Å². The third-order valence-electron chi connectivity index (χ3n) is 2.16. The van der Waals surface area contributed by atoms with Gasteiger partial charge in [0.2, 0.25) is 0 Å². The number of carbonyl (C=O) groups excluding carboxylic acids is 1. The topological polar surface area (TPSA) is 90.6 Å². The van der Waals surface area contributed by atoms with E-state index in [0.29, 0.717) is 0 Å². The van der Waals surface area contributed by atoms with E-state index in [1.54, 1.807) is 0 Å². The van der Waals surface area contributed by atoms with Crippen LogP contribution < -0.4 is 11.0 Å². The molecule has 0 aliphatic heterocycles. The molecule has 8 heteroatoms. The highest BCUT2D eigenvalue weighted by Crippen LogP contribution is 2.19. The van der Waals surface area contributed by atoms with Crippen LogP contribution in [0.15, 0.2) is 23.0 Å². The van der Waals surface area contributed by atoms with Crippen LogP contribution in [-0.2, 0) is 6.54 Å². The van der Waals surface area contributed by atoms with E-state index in [-0.39, 0.29) is 23.0 Å². The average molecular weight is 271 g/mol. The summed E-state index contributed by atoms with van der Waals surface area (Å²) in [6.45, 7) is 0.00438. The van der Waals surface area contributed by atoms with Crippen LogP contribution in [0.25, 0.3) is 0 Å². The van der Waals surface area contributed by atoms with Crippen molar-refractivity contribution in [3.05, 3.63) is 50.9 Å². The van der Waals surface area contributed by atoms with Crippen LogP contribution in [0.5, 0.6) is 0 Å². The number of rotatable bonds is 3. The number of nitrogens with zero attached hydrogens (tertiary/aromatic N) is 1. The minimum absolute atomic E-state index is 0.00438. The van der Waals surface area contributed by atoms with Gasteiger partial charge in [-0.25, -0.2) is 14.3 Å². The van der Waals surface area contributed by atoms with Crippen molar-refractivity contribution in [2.24, 2.45) is 0 Å². The fourth-order valence-corrected chi connectivity index (χ4v) is 1.54. The van der Waals surface area contributed by atoms with Crippen LogP contribution in [-0.4, -0.2) is 21.1 Å². The van der Waals surface area contributed by atoms with Gasteiger partial charge in [-0.3, -0.25) is 9.78 Å². The lowest BCUT2D eigenvalue weighted by atomic mass is 10.2. The summed E-state index contributed by atoms with van der Waals surface area (Å²) in [7, 11) is 0. The van der Waals surface area contributed by atoms with E-state index in [4.69, 9.17) is 11.6 Å². The fourth-order valence-electron chi connectivity index (χ4n) is 1.33. The molecule has 2 rings (SSSR count). The van der Waals surface area contributed by atoms with E-state index in [0.717, 1.165) is 6.07 Å². The van der Waals surface area contributed by atoms with E-state index < -0.39 is 17.4 Å². The summed E-state index contributed by atoms with van der Waals surface area (Å²) < 4.78 is 13.1. The first-order valence-electron chi connectivity index (χ1n) is 4.93.